The molecule has 1 aromatic rings. The van der Waals surface area contributed by atoms with E-state index in [9.17, 15) is 4.79 Å². The molecule has 92 valence electrons. The summed E-state index contributed by atoms with van der Waals surface area (Å²) < 4.78 is 0. The molecule has 0 unspecified atom stereocenters. The summed E-state index contributed by atoms with van der Waals surface area (Å²) in [7, 11) is 0. The second kappa shape index (κ2) is 6.10. The molecule has 17 heavy (non-hydrogen) atoms. The molecule has 3 heteroatoms. The maximum absolute atomic E-state index is 11.9. The summed E-state index contributed by atoms with van der Waals surface area (Å²) in [6.45, 7) is 2.02. The summed E-state index contributed by atoms with van der Waals surface area (Å²) in [6.07, 6.45) is 3.05. The molecule has 0 atom stereocenters. The number of carbonyl (C=O) groups is 1. The number of amides is 1. The molecular weight excluding hydrogens is 230 g/mol. The summed E-state index contributed by atoms with van der Waals surface area (Å²) in [5, 5.41) is 3.01. The number of anilines is 1. The highest BCUT2D eigenvalue weighted by Crippen LogP contribution is 2.25. The van der Waals surface area contributed by atoms with Gasteiger partial charge in [-0.25, -0.2) is 0 Å². The van der Waals surface area contributed by atoms with Crippen molar-refractivity contribution in [3.8, 4) is 0 Å². The maximum Gasteiger partial charge on any atom is 0.224 e. The lowest BCUT2D eigenvalue weighted by molar-refractivity contribution is -0.117. The Kier molecular flexibility index (Phi) is 4.49. The first kappa shape index (κ1) is 12.5. The van der Waals surface area contributed by atoms with Crippen LogP contribution in [0.25, 0.3) is 0 Å². The summed E-state index contributed by atoms with van der Waals surface area (Å²) in [5.41, 5.74) is 2.07. The number of aryl methyl sites for hydroxylation is 1. The zero-order valence-electron chi connectivity index (χ0n) is 10.2. The number of nitrogens with one attached hydrogen (secondary N) is 1. The van der Waals surface area contributed by atoms with Crippen molar-refractivity contribution in [1.29, 1.82) is 0 Å². The van der Waals surface area contributed by atoms with Crippen molar-refractivity contribution in [3.05, 3.63) is 29.8 Å². The highest BCUT2D eigenvalue weighted by atomic mass is 32.2. The minimum Gasteiger partial charge on any atom is -0.326 e. The number of carbonyl (C=O) groups excluding carboxylic acids is 1. The average Bonchev–Trinajstić information content (AvgIpc) is 2.33. The summed E-state index contributed by atoms with van der Waals surface area (Å²) in [6, 6.07) is 7.93. The Bertz CT molecular complexity index is 386. The Balaban J connectivity index is 1.86. The highest BCUT2D eigenvalue weighted by molar-refractivity contribution is 7.99. The second-order valence-electron chi connectivity index (χ2n) is 4.62. The Morgan fingerprint density at radius 1 is 1.35 bits per heavy atom. The van der Waals surface area contributed by atoms with Gasteiger partial charge < -0.3 is 5.32 Å². The van der Waals surface area contributed by atoms with Gasteiger partial charge >= 0.3 is 0 Å². The first-order valence-corrected chi connectivity index (χ1v) is 7.34. The van der Waals surface area contributed by atoms with E-state index in [1.807, 2.05) is 43.0 Å². The minimum atomic E-state index is 0.163. The number of para-hydroxylation sites is 1. The Labute approximate surface area is 107 Å². The molecular formula is C14H19NOS. The van der Waals surface area contributed by atoms with Crippen molar-refractivity contribution in [2.24, 2.45) is 5.92 Å². The predicted molar refractivity (Wildman–Crippen MR) is 74.5 cm³/mol. The number of thioether (sulfide) groups is 1. The van der Waals surface area contributed by atoms with E-state index in [1.54, 1.807) is 0 Å². The first-order valence-electron chi connectivity index (χ1n) is 6.19. The van der Waals surface area contributed by atoms with Crippen LogP contribution in [-0.2, 0) is 4.79 Å². The molecule has 0 saturated carbocycles. The van der Waals surface area contributed by atoms with Gasteiger partial charge in [0, 0.05) is 12.1 Å². The van der Waals surface area contributed by atoms with Gasteiger partial charge in [-0.1, -0.05) is 18.2 Å². The van der Waals surface area contributed by atoms with E-state index in [2.05, 4.69) is 5.32 Å². The van der Waals surface area contributed by atoms with Crippen molar-refractivity contribution < 1.29 is 4.79 Å². The van der Waals surface area contributed by atoms with Crippen molar-refractivity contribution in [3.63, 3.8) is 0 Å². The van der Waals surface area contributed by atoms with E-state index in [4.69, 9.17) is 0 Å². The third kappa shape index (κ3) is 3.77. The van der Waals surface area contributed by atoms with Gasteiger partial charge in [-0.15, -0.1) is 0 Å². The molecule has 0 radical (unpaired) electrons. The Morgan fingerprint density at radius 3 is 2.76 bits per heavy atom. The number of rotatable bonds is 3. The molecule has 1 aliphatic heterocycles. The van der Waals surface area contributed by atoms with Crippen molar-refractivity contribution >= 4 is 23.4 Å². The zero-order valence-corrected chi connectivity index (χ0v) is 11.1. The van der Waals surface area contributed by atoms with Gasteiger partial charge in [-0.05, 0) is 48.8 Å². The summed E-state index contributed by atoms with van der Waals surface area (Å²) in [4.78, 5) is 11.9. The number of benzene rings is 1. The molecule has 0 aliphatic carbocycles. The molecule has 1 saturated heterocycles. The van der Waals surface area contributed by atoms with Crippen LogP contribution in [0.3, 0.4) is 0 Å². The van der Waals surface area contributed by atoms with Crippen LogP contribution in [0.2, 0.25) is 0 Å². The molecule has 1 aliphatic rings. The maximum atomic E-state index is 11.9. The van der Waals surface area contributed by atoms with Crippen LogP contribution in [-0.4, -0.2) is 17.4 Å². The third-order valence-corrected chi connectivity index (χ3v) is 4.28. The van der Waals surface area contributed by atoms with Gasteiger partial charge in [0.05, 0.1) is 0 Å². The van der Waals surface area contributed by atoms with Crippen molar-refractivity contribution in [2.75, 3.05) is 16.8 Å². The molecule has 2 nitrogen and oxygen atoms in total. The van der Waals surface area contributed by atoms with Gasteiger partial charge in [0.1, 0.15) is 0 Å². The van der Waals surface area contributed by atoms with E-state index in [0.29, 0.717) is 12.3 Å². The average molecular weight is 249 g/mol. The molecule has 0 bridgehead atoms. The molecule has 0 aromatic heterocycles. The molecule has 0 spiro atoms. The molecule has 1 amide bonds. The largest absolute Gasteiger partial charge is 0.326 e. The van der Waals surface area contributed by atoms with Gasteiger partial charge in [-0.2, -0.15) is 11.8 Å². The van der Waals surface area contributed by atoms with E-state index >= 15 is 0 Å². The van der Waals surface area contributed by atoms with Gasteiger partial charge in [0.2, 0.25) is 5.91 Å². The number of hydrogen-bond donors (Lipinski definition) is 1. The van der Waals surface area contributed by atoms with Crippen LogP contribution in [0.1, 0.15) is 24.8 Å². The zero-order chi connectivity index (χ0) is 12.1. The third-order valence-electron chi connectivity index (χ3n) is 3.23. The van der Waals surface area contributed by atoms with Crippen LogP contribution < -0.4 is 5.32 Å². The van der Waals surface area contributed by atoms with E-state index in [0.717, 1.165) is 11.3 Å². The lowest BCUT2D eigenvalue weighted by Crippen LogP contribution is -2.19. The van der Waals surface area contributed by atoms with E-state index in [-0.39, 0.29) is 5.91 Å². The predicted octanol–water partition coefficient (Wildman–Crippen LogP) is 3.47. The quantitative estimate of drug-likeness (QED) is 0.888. The fraction of sp³-hybridized carbons (Fsp3) is 0.500. The van der Waals surface area contributed by atoms with Crippen LogP contribution in [0.4, 0.5) is 5.69 Å². The SMILES string of the molecule is Cc1ccccc1NC(=O)CC1CCSCC1. The van der Waals surface area contributed by atoms with Gasteiger partial charge in [-0.3, -0.25) is 4.79 Å². The van der Waals surface area contributed by atoms with Crippen LogP contribution in [0.5, 0.6) is 0 Å². The molecule has 1 heterocycles. The van der Waals surface area contributed by atoms with E-state index < -0.39 is 0 Å². The van der Waals surface area contributed by atoms with Gasteiger partial charge in [0.25, 0.3) is 0 Å². The van der Waals surface area contributed by atoms with Crippen LogP contribution >= 0.6 is 11.8 Å². The first-order chi connectivity index (χ1) is 8.25. The Morgan fingerprint density at radius 2 is 2.06 bits per heavy atom. The smallest absolute Gasteiger partial charge is 0.224 e. The Hall–Kier alpha value is -0.960. The van der Waals surface area contributed by atoms with Gasteiger partial charge in [0.15, 0.2) is 0 Å². The summed E-state index contributed by atoms with van der Waals surface area (Å²) >= 11 is 2.00. The molecule has 1 N–H and O–H groups in total. The molecule has 2 rings (SSSR count). The molecule has 1 aromatic carbocycles. The number of hydrogen-bond acceptors (Lipinski definition) is 2. The normalized spacial score (nSPS) is 16.8. The monoisotopic (exact) mass is 249 g/mol. The minimum absolute atomic E-state index is 0.163. The fourth-order valence-electron chi connectivity index (χ4n) is 2.13. The van der Waals surface area contributed by atoms with Crippen LogP contribution in [0, 0.1) is 12.8 Å². The summed E-state index contributed by atoms with van der Waals surface area (Å²) in [5.74, 6) is 3.17. The van der Waals surface area contributed by atoms with E-state index in [1.165, 1.54) is 24.3 Å². The standard InChI is InChI=1S/C14H19NOS/c1-11-4-2-3-5-13(11)15-14(16)10-12-6-8-17-9-7-12/h2-5,12H,6-10H2,1H3,(H,15,16). The topological polar surface area (TPSA) is 29.1 Å². The lowest BCUT2D eigenvalue weighted by Gasteiger charge is -2.20. The van der Waals surface area contributed by atoms with Crippen molar-refractivity contribution in [2.45, 2.75) is 26.2 Å². The highest BCUT2D eigenvalue weighted by Gasteiger charge is 2.17. The van der Waals surface area contributed by atoms with Crippen LogP contribution in [0.15, 0.2) is 24.3 Å². The fourth-order valence-corrected chi connectivity index (χ4v) is 3.33. The molecule has 1 fully saturated rings. The lowest BCUT2D eigenvalue weighted by atomic mass is 9.98. The second-order valence-corrected chi connectivity index (χ2v) is 5.85. The van der Waals surface area contributed by atoms with Crippen molar-refractivity contribution in [1.82, 2.24) is 0 Å².